The molecule has 1 saturated heterocycles. The smallest absolute Gasteiger partial charge is 0.410 e. The third-order valence-electron chi connectivity index (χ3n) is 6.19. The van der Waals surface area contributed by atoms with Crippen molar-refractivity contribution in [1.82, 2.24) is 20.0 Å². The molecular weight excluding hydrogens is 512 g/mol. The van der Waals surface area contributed by atoms with Crippen LogP contribution in [0.2, 0.25) is 0 Å². The molecular formula is C30H42N4O6. The molecule has 10 nitrogen and oxygen atoms in total. The second-order valence-corrected chi connectivity index (χ2v) is 10.7. The van der Waals surface area contributed by atoms with E-state index in [2.05, 4.69) is 5.32 Å². The highest BCUT2D eigenvalue weighted by Gasteiger charge is 2.24. The number of hydrogen-bond donors (Lipinski definition) is 1. The van der Waals surface area contributed by atoms with Crippen molar-refractivity contribution >= 4 is 18.2 Å². The third kappa shape index (κ3) is 11.6. The van der Waals surface area contributed by atoms with Gasteiger partial charge in [-0.05, 0) is 31.9 Å². The van der Waals surface area contributed by atoms with Gasteiger partial charge in [0.25, 0.3) is 0 Å². The first-order valence-electron chi connectivity index (χ1n) is 13.8. The van der Waals surface area contributed by atoms with E-state index >= 15 is 0 Å². The Morgan fingerprint density at radius 2 is 1.15 bits per heavy atom. The summed E-state index contributed by atoms with van der Waals surface area (Å²) in [4.78, 5) is 43.7. The van der Waals surface area contributed by atoms with E-state index in [9.17, 15) is 14.4 Å². The van der Waals surface area contributed by atoms with Crippen molar-refractivity contribution in [2.45, 2.75) is 39.6 Å². The lowest BCUT2D eigenvalue weighted by molar-refractivity contribution is -0.156. The molecule has 0 saturated carbocycles. The zero-order chi connectivity index (χ0) is 28.8. The zero-order valence-electron chi connectivity index (χ0n) is 23.8. The van der Waals surface area contributed by atoms with Crippen molar-refractivity contribution in [3.05, 3.63) is 71.8 Å². The van der Waals surface area contributed by atoms with Crippen LogP contribution in [0.25, 0.3) is 0 Å². The second-order valence-electron chi connectivity index (χ2n) is 10.7. The average molecular weight is 555 g/mol. The van der Waals surface area contributed by atoms with Crippen LogP contribution < -0.4 is 5.32 Å². The van der Waals surface area contributed by atoms with E-state index in [1.165, 1.54) is 0 Å². The lowest BCUT2D eigenvalue weighted by Crippen LogP contribution is -2.48. The number of nitrogens with one attached hydrogen (secondary N) is 1. The van der Waals surface area contributed by atoms with Crippen molar-refractivity contribution in [3.63, 3.8) is 0 Å². The number of nitrogens with zero attached hydrogens (tertiary/aromatic N) is 3. The number of benzene rings is 2. The SMILES string of the molecule is CC(C)(C)OC(=O)CN1CCN(C(=O)OCc2ccccc2)CCNCCN(C(=O)OCc2ccccc2)CC1. The Kier molecular flexibility index (Phi) is 12.2. The molecule has 0 unspecified atom stereocenters. The Morgan fingerprint density at radius 1 is 0.700 bits per heavy atom. The molecule has 0 atom stereocenters. The van der Waals surface area contributed by atoms with E-state index in [1.807, 2.05) is 86.3 Å². The third-order valence-corrected chi connectivity index (χ3v) is 6.19. The van der Waals surface area contributed by atoms with Gasteiger partial charge in [0.1, 0.15) is 18.8 Å². The van der Waals surface area contributed by atoms with Crippen LogP contribution in [0.5, 0.6) is 0 Å². The monoisotopic (exact) mass is 554 g/mol. The van der Waals surface area contributed by atoms with E-state index in [1.54, 1.807) is 9.80 Å². The fourth-order valence-electron chi connectivity index (χ4n) is 4.11. The van der Waals surface area contributed by atoms with Gasteiger partial charge in [-0.15, -0.1) is 0 Å². The summed E-state index contributed by atoms with van der Waals surface area (Å²) in [6.45, 7) is 9.31. The predicted octanol–water partition coefficient (Wildman–Crippen LogP) is 3.51. The van der Waals surface area contributed by atoms with Gasteiger partial charge in [-0.3, -0.25) is 9.69 Å². The highest BCUT2D eigenvalue weighted by atomic mass is 16.6. The van der Waals surface area contributed by atoms with Crippen LogP contribution in [0.4, 0.5) is 9.59 Å². The van der Waals surface area contributed by atoms with Crippen molar-refractivity contribution < 1.29 is 28.6 Å². The Labute approximate surface area is 237 Å². The van der Waals surface area contributed by atoms with E-state index in [0.29, 0.717) is 52.4 Å². The standard InChI is InChI=1S/C30H42N4O6/c1-30(2,3)40-27(35)22-32-18-20-33(28(36)38-23-25-10-6-4-7-11-25)16-14-31-15-17-34(21-19-32)29(37)39-24-26-12-8-5-9-13-26/h4-13,31H,14-24H2,1-3H3. The topological polar surface area (TPSA) is 101 Å². The molecule has 0 aliphatic carbocycles. The fraction of sp³-hybridized carbons (Fsp3) is 0.500. The number of amides is 2. The van der Waals surface area contributed by atoms with Crippen LogP contribution in [0.15, 0.2) is 60.7 Å². The van der Waals surface area contributed by atoms with E-state index < -0.39 is 17.8 Å². The molecule has 0 aromatic heterocycles. The molecule has 0 bridgehead atoms. The van der Waals surface area contributed by atoms with Gasteiger partial charge in [-0.1, -0.05) is 60.7 Å². The molecule has 1 aliphatic heterocycles. The van der Waals surface area contributed by atoms with E-state index in [0.717, 1.165) is 11.1 Å². The van der Waals surface area contributed by atoms with Gasteiger partial charge in [-0.2, -0.15) is 0 Å². The van der Waals surface area contributed by atoms with Crippen molar-refractivity contribution in [2.24, 2.45) is 0 Å². The summed E-state index contributed by atoms with van der Waals surface area (Å²) in [6, 6.07) is 19.1. The summed E-state index contributed by atoms with van der Waals surface area (Å²) in [5.41, 5.74) is 1.21. The second kappa shape index (κ2) is 15.8. The summed E-state index contributed by atoms with van der Waals surface area (Å²) in [5, 5.41) is 3.30. The summed E-state index contributed by atoms with van der Waals surface area (Å²) >= 11 is 0. The summed E-state index contributed by atoms with van der Waals surface area (Å²) in [7, 11) is 0. The molecule has 0 radical (unpaired) electrons. The van der Waals surface area contributed by atoms with Crippen LogP contribution in [0.3, 0.4) is 0 Å². The van der Waals surface area contributed by atoms with Gasteiger partial charge in [-0.25, -0.2) is 9.59 Å². The molecule has 40 heavy (non-hydrogen) atoms. The lowest BCUT2D eigenvalue weighted by atomic mass is 10.2. The summed E-state index contributed by atoms with van der Waals surface area (Å²) in [6.07, 6.45) is -0.822. The Balaban J connectivity index is 1.63. The minimum absolute atomic E-state index is 0.0370. The largest absolute Gasteiger partial charge is 0.459 e. The van der Waals surface area contributed by atoms with Crippen LogP contribution >= 0.6 is 0 Å². The molecule has 1 heterocycles. The molecule has 10 heteroatoms. The van der Waals surface area contributed by atoms with Crippen LogP contribution in [0, 0.1) is 0 Å². The van der Waals surface area contributed by atoms with Crippen LogP contribution in [-0.4, -0.2) is 97.4 Å². The molecule has 2 aromatic rings. The molecule has 1 N–H and O–H groups in total. The van der Waals surface area contributed by atoms with Crippen molar-refractivity contribution in [1.29, 1.82) is 0 Å². The molecule has 218 valence electrons. The van der Waals surface area contributed by atoms with Crippen LogP contribution in [-0.2, 0) is 32.2 Å². The Morgan fingerprint density at radius 3 is 1.57 bits per heavy atom. The molecule has 1 aliphatic rings. The van der Waals surface area contributed by atoms with Gasteiger partial charge < -0.3 is 29.3 Å². The Bertz CT molecular complexity index is 991. The number of rotatable bonds is 6. The first-order chi connectivity index (χ1) is 19.2. The number of hydrogen-bond acceptors (Lipinski definition) is 8. The molecule has 3 rings (SSSR count). The number of esters is 1. The van der Waals surface area contributed by atoms with Gasteiger partial charge >= 0.3 is 18.2 Å². The average Bonchev–Trinajstić information content (AvgIpc) is 2.92. The quantitative estimate of drug-likeness (QED) is 0.428. The van der Waals surface area contributed by atoms with Gasteiger partial charge in [0, 0.05) is 52.4 Å². The van der Waals surface area contributed by atoms with Gasteiger partial charge in [0.05, 0.1) is 6.54 Å². The maximum absolute atomic E-state index is 12.9. The zero-order valence-corrected chi connectivity index (χ0v) is 23.8. The maximum atomic E-state index is 12.9. The fourth-order valence-corrected chi connectivity index (χ4v) is 4.11. The Hall–Kier alpha value is -3.63. The summed E-state index contributed by atoms with van der Waals surface area (Å²) in [5.74, 6) is -0.363. The molecule has 2 aromatic carbocycles. The highest BCUT2D eigenvalue weighted by Crippen LogP contribution is 2.09. The van der Waals surface area contributed by atoms with Gasteiger partial charge in [0.15, 0.2) is 0 Å². The van der Waals surface area contributed by atoms with E-state index in [4.69, 9.17) is 14.2 Å². The van der Waals surface area contributed by atoms with E-state index in [-0.39, 0.29) is 25.7 Å². The molecule has 1 fully saturated rings. The predicted molar refractivity (Wildman–Crippen MR) is 152 cm³/mol. The first kappa shape index (κ1) is 30.9. The maximum Gasteiger partial charge on any atom is 0.410 e. The first-order valence-corrected chi connectivity index (χ1v) is 13.8. The van der Waals surface area contributed by atoms with Crippen LogP contribution in [0.1, 0.15) is 31.9 Å². The molecule has 0 spiro atoms. The number of ether oxygens (including phenoxy) is 3. The van der Waals surface area contributed by atoms with Crippen molar-refractivity contribution in [2.75, 3.05) is 58.9 Å². The highest BCUT2D eigenvalue weighted by molar-refractivity contribution is 5.72. The minimum Gasteiger partial charge on any atom is -0.459 e. The minimum atomic E-state index is -0.615. The van der Waals surface area contributed by atoms with Crippen molar-refractivity contribution in [3.8, 4) is 0 Å². The number of carbonyl (C=O) groups excluding carboxylic acids is 3. The normalized spacial score (nSPS) is 15.9. The molecule has 2 amide bonds. The van der Waals surface area contributed by atoms with Gasteiger partial charge in [0.2, 0.25) is 0 Å². The lowest BCUT2D eigenvalue weighted by Gasteiger charge is -2.31. The summed E-state index contributed by atoms with van der Waals surface area (Å²) < 4.78 is 16.7. The number of carbonyl (C=O) groups is 3.